The van der Waals surface area contributed by atoms with Gasteiger partial charge < -0.3 is 55.0 Å². The average molecular weight is 1210 g/mol. The van der Waals surface area contributed by atoms with Gasteiger partial charge in [0.15, 0.2) is 5.76 Å². The van der Waals surface area contributed by atoms with E-state index in [0.717, 1.165) is 88.4 Å². The minimum absolute atomic E-state index is 0.0230. The zero-order valence-corrected chi connectivity index (χ0v) is 50.6. The van der Waals surface area contributed by atoms with E-state index in [1.807, 2.05) is 18.2 Å². The third kappa shape index (κ3) is 10.5. The standard InChI is InChI=1S/C68H73NO11S4/c1-34(2)21-42-28-47(50-33-82-83-55-26-38(23-36-8-3-7-35(22-36)15-18-71)32-69-61(55)41-10-4-9-37(24-41)25-46(50)62(42)75)66-65(78)64(77)60-54(80-66)31-52(74)58-48-29-45-43(16-19-72)39(11-5-17-70)27-40-13-14-44-59(56(40)45)57(48)49-30-53(79-67(58)60)51(73)12-6-20-81-84-68(44)63(49)76/h3-4,7-10,13-14,18,22,24,28-29,31,34,38-39,43,49,51,53,55,61,63,68-70,72-76,78H,5-6,11-12,15-17,19-21,23,25-27,30,32-33H2,1-2H3/t38-,39+,43+,49-,51+,53-,55+,61-,63+,68+/m1/s1. The number of fused-ring (bicyclic) bond motifs is 12. The fourth-order valence-electron chi connectivity index (χ4n) is 15.1. The van der Waals surface area contributed by atoms with Crippen molar-refractivity contribution in [1.82, 2.24) is 5.32 Å². The number of aldehydes is 1. The van der Waals surface area contributed by atoms with Gasteiger partial charge in [-0.2, -0.15) is 0 Å². The van der Waals surface area contributed by atoms with Crippen molar-refractivity contribution >= 4 is 71.2 Å². The molecular formula is C68H73NO11S4. The Labute approximate surface area is 505 Å². The zero-order chi connectivity index (χ0) is 58.1. The van der Waals surface area contributed by atoms with Crippen molar-refractivity contribution < 1.29 is 49.7 Å². The number of aliphatic hydroxyl groups excluding tert-OH is 4. The minimum atomic E-state index is -1.02. The minimum Gasteiger partial charge on any atom is -0.507 e. The fraction of sp³-hybridized carbons (Fsp3) is 0.441. The topological polar surface area (TPSA) is 210 Å². The Balaban J connectivity index is 0.981. The average Bonchev–Trinajstić information content (AvgIpc) is 0.880. The van der Waals surface area contributed by atoms with Crippen LogP contribution in [0.5, 0.6) is 23.0 Å². The van der Waals surface area contributed by atoms with Gasteiger partial charge in [0.25, 0.3) is 0 Å². The molecule has 0 spiro atoms. The van der Waals surface area contributed by atoms with Crippen molar-refractivity contribution in [3.05, 3.63) is 150 Å². The summed E-state index contributed by atoms with van der Waals surface area (Å²) in [4.78, 5) is 27.1. The molecule has 5 heterocycles. The van der Waals surface area contributed by atoms with Crippen LogP contribution in [-0.4, -0.2) is 91.1 Å². The van der Waals surface area contributed by atoms with Crippen molar-refractivity contribution in [3.63, 3.8) is 0 Å². The van der Waals surface area contributed by atoms with E-state index in [0.29, 0.717) is 84.4 Å². The van der Waals surface area contributed by atoms with Gasteiger partial charge in [-0.25, -0.2) is 0 Å². The first kappa shape index (κ1) is 57.9. The monoisotopic (exact) mass is 1210 g/mol. The molecule has 2 fully saturated rings. The number of nitrogens with one attached hydrogen (secondary N) is 1. The molecule has 5 bridgehead atoms. The molecule has 4 aliphatic heterocycles. The number of phenols is 2. The number of aromatic hydroxyl groups is 3. The fourth-order valence-corrected chi connectivity index (χ4v) is 21.1. The Hall–Kier alpha value is -5.14. The van der Waals surface area contributed by atoms with Crippen LogP contribution in [0.1, 0.15) is 143 Å². The van der Waals surface area contributed by atoms with Crippen molar-refractivity contribution in [2.75, 3.05) is 25.5 Å². The lowest BCUT2D eigenvalue weighted by atomic mass is 9.65. The van der Waals surface area contributed by atoms with Gasteiger partial charge in [-0.3, -0.25) is 4.79 Å². The first-order chi connectivity index (χ1) is 40.8. The summed E-state index contributed by atoms with van der Waals surface area (Å²) in [5.41, 5.74) is 10.8. The van der Waals surface area contributed by atoms with E-state index in [4.69, 9.17) is 9.15 Å². The number of ether oxygens (including phenoxy) is 1. The van der Waals surface area contributed by atoms with Crippen LogP contribution in [0, 0.1) is 17.8 Å². The lowest BCUT2D eigenvalue weighted by molar-refractivity contribution is -0.107. The number of piperidine rings is 1. The third-order valence-corrected chi connectivity index (χ3v) is 24.5. The molecule has 7 aromatic rings. The summed E-state index contributed by atoms with van der Waals surface area (Å²) in [6, 6.07) is 26.6. The number of hydrogen-bond donors (Lipinski definition) is 8. The molecule has 0 amide bonds. The molecule has 8 N–H and O–H groups in total. The van der Waals surface area contributed by atoms with Gasteiger partial charge >= 0.3 is 0 Å². The predicted octanol–water partition coefficient (Wildman–Crippen LogP) is 12.7. The molecule has 1 aromatic heterocycles. The summed E-state index contributed by atoms with van der Waals surface area (Å²) in [6.07, 6.45) is 4.96. The quantitative estimate of drug-likeness (QED) is 0.0422. The zero-order valence-electron chi connectivity index (χ0n) is 47.4. The highest BCUT2D eigenvalue weighted by molar-refractivity contribution is 8.77. The Morgan fingerprint density at radius 2 is 1.68 bits per heavy atom. The second-order valence-electron chi connectivity index (χ2n) is 24.7. The largest absolute Gasteiger partial charge is 0.507 e. The summed E-state index contributed by atoms with van der Waals surface area (Å²) in [6.45, 7) is 4.98. The van der Waals surface area contributed by atoms with E-state index in [1.165, 1.54) is 17.2 Å². The van der Waals surface area contributed by atoms with Gasteiger partial charge in [-0.15, -0.1) is 0 Å². The molecule has 6 aliphatic rings. The molecule has 0 unspecified atom stereocenters. The third-order valence-electron chi connectivity index (χ3n) is 18.9. The van der Waals surface area contributed by atoms with Crippen LogP contribution in [-0.2, 0) is 42.7 Å². The van der Waals surface area contributed by atoms with E-state index >= 15 is 4.79 Å². The van der Waals surface area contributed by atoms with Gasteiger partial charge in [0.1, 0.15) is 40.6 Å². The molecular weight excluding hydrogens is 1140 g/mol. The number of rotatable bonds is 12. The first-order valence-corrected chi connectivity index (χ1v) is 34.8. The van der Waals surface area contributed by atoms with Crippen LogP contribution >= 0.6 is 43.2 Å². The highest BCUT2D eigenvalue weighted by atomic mass is 33.1. The molecule has 13 rings (SSSR count). The van der Waals surface area contributed by atoms with Gasteiger partial charge in [0, 0.05) is 72.0 Å². The maximum Gasteiger partial charge on any atom is 0.238 e. The second kappa shape index (κ2) is 24.2. The SMILES string of the molecule is CC(C)Cc1cc(-c2oc3cc(O)c4c(c3c(=O)c2O)O[C@@H]2C[C@@H]3c5c-4cc4c6c(ccc(c56)[C@H](SSCCC[C@@H]2O)[C@H]3O)C[C@H](CCCO)[C@@H]4CCO)c2c(c1O)Cc1cccc(c1)[C@H]1NC[C@H](Cc3cccc(CC=O)c3)C[C@@H]1SSC2. The molecule has 0 saturated carbocycles. The number of phenolic OH excluding ortho intramolecular Hbond substituents is 2. The van der Waals surface area contributed by atoms with Crippen molar-refractivity contribution in [2.45, 2.75) is 143 Å². The van der Waals surface area contributed by atoms with Crippen LogP contribution in [0.2, 0.25) is 0 Å². The number of carbonyl (C=O) groups is 1. The Morgan fingerprint density at radius 3 is 2.50 bits per heavy atom. The van der Waals surface area contributed by atoms with Gasteiger partial charge in [0.05, 0.1) is 23.0 Å². The van der Waals surface area contributed by atoms with Crippen molar-refractivity contribution in [1.29, 1.82) is 0 Å². The van der Waals surface area contributed by atoms with Crippen LogP contribution in [0.3, 0.4) is 0 Å². The molecule has 440 valence electrons. The molecule has 0 radical (unpaired) electrons. The smallest absolute Gasteiger partial charge is 0.238 e. The van der Waals surface area contributed by atoms with Gasteiger partial charge in [0.2, 0.25) is 11.2 Å². The molecule has 12 nitrogen and oxygen atoms in total. The molecule has 2 saturated heterocycles. The highest BCUT2D eigenvalue weighted by Gasteiger charge is 2.47. The Morgan fingerprint density at radius 1 is 0.833 bits per heavy atom. The Kier molecular flexibility index (Phi) is 16.7. The number of benzene rings is 6. The molecule has 16 heteroatoms. The first-order valence-electron chi connectivity index (χ1n) is 30.0. The maximum atomic E-state index is 15.7. The van der Waals surface area contributed by atoms with E-state index in [1.54, 1.807) is 43.2 Å². The normalized spacial score (nSPS) is 25.4. The highest BCUT2D eigenvalue weighted by Crippen LogP contribution is 2.61. The summed E-state index contributed by atoms with van der Waals surface area (Å²) in [5.74, 6) is 0.169. The van der Waals surface area contributed by atoms with Crippen LogP contribution < -0.4 is 15.5 Å². The summed E-state index contributed by atoms with van der Waals surface area (Å²) in [7, 11) is 6.80. The van der Waals surface area contributed by atoms with E-state index in [9.17, 15) is 40.5 Å². The lowest BCUT2D eigenvalue weighted by Crippen LogP contribution is -2.41. The van der Waals surface area contributed by atoms with Crippen LogP contribution in [0.25, 0.3) is 44.2 Å². The summed E-state index contributed by atoms with van der Waals surface area (Å²) >= 11 is 0. The van der Waals surface area contributed by atoms with Gasteiger partial charge in [-0.05, 0) is 179 Å². The maximum absolute atomic E-state index is 15.7. The predicted molar refractivity (Wildman–Crippen MR) is 339 cm³/mol. The molecule has 2 aliphatic carbocycles. The summed E-state index contributed by atoms with van der Waals surface area (Å²) in [5, 5.41) is 89.6. The van der Waals surface area contributed by atoms with Gasteiger partial charge in [-0.1, -0.05) is 118 Å². The van der Waals surface area contributed by atoms with E-state index in [-0.39, 0.29) is 93.5 Å². The van der Waals surface area contributed by atoms with Crippen molar-refractivity contribution in [2.24, 2.45) is 17.8 Å². The summed E-state index contributed by atoms with van der Waals surface area (Å²) < 4.78 is 14.0. The number of carbonyl (C=O) groups excluding carboxylic acids is 1. The van der Waals surface area contributed by atoms with E-state index in [2.05, 4.69) is 73.8 Å². The van der Waals surface area contributed by atoms with Crippen LogP contribution in [0.15, 0.2) is 88.1 Å². The lowest BCUT2D eigenvalue weighted by Gasteiger charge is -2.43. The number of hydrogen-bond acceptors (Lipinski definition) is 16. The molecule has 6 aromatic carbocycles. The van der Waals surface area contributed by atoms with E-state index < -0.39 is 35.4 Å². The Bertz CT molecular complexity index is 3750. The van der Waals surface area contributed by atoms with Crippen molar-refractivity contribution in [3.8, 4) is 45.4 Å². The number of aliphatic hydroxyl groups is 4. The molecule has 84 heavy (non-hydrogen) atoms. The van der Waals surface area contributed by atoms with Crippen LogP contribution in [0.4, 0.5) is 0 Å². The molecule has 10 atom stereocenters. The second-order valence-corrected chi connectivity index (χ2v) is 30.0.